The third-order valence-corrected chi connectivity index (χ3v) is 8.43. The Morgan fingerprint density at radius 1 is 1.33 bits per heavy atom. The standard InChI is InChI=1S/C27H36N7O8P/c1-5-7-13-39-24(36)17(3)33-43(37,42-18-11-9-8-10-12-18)40-14-19-21(35)27(4,15-28)25(41-19)34-16-30-20-22(34)31-26(29)32-23(20)38-6-2/h8-12,16-17,19,21,25,35H,5-7,13-14H2,1-4H3,(H,33,37)(H2,29,31,32)/t17-,19+,21+,25+,27+,43?/m0/s1. The molecule has 0 radical (unpaired) electrons. The van der Waals surface area contributed by atoms with Gasteiger partial charge in [0.1, 0.15) is 29.4 Å². The lowest BCUT2D eigenvalue weighted by Crippen LogP contribution is -2.39. The molecule has 1 aliphatic heterocycles. The molecule has 15 nitrogen and oxygen atoms in total. The first-order valence-electron chi connectivity index (χ1n) is 13.9. The number of imidazole rings is 1. The van der Waals surface area contributed by atoms with Crippen LogP contribution in [0.4, 0.5) is 5.95 Å². The largest absolute Gasteiger partial charge is 0.476 e. The molecule has 0 aliphatic carbocycles. The van der Waals surface area contributed by atoms with Crippen molar-refractivity contribution in [1.82, 2.24) is 24.6 Å². The third kappa shape index (κ3) is 7.06. The number of carbonyl (C=O) groups excluding carboxylic acids is 1. The number of aliphatic hydroxyl groups excluding tert-OH is 1. The number of ether oxygens (including phenoxy) is 3. The predicted octanol–water partition coefficient (Wildman–Crippen LogP) is 3.12. The molecule has 3 heterocycles. The van der Waals surface area contributed by atoms with Gasteiger partial charge in [0.05, 0.1) is 32.2 Å². The van der Waals surface area contributed by atoms with Crippen LogP contribution in [0.5, 0.6) is 11.6 Å². The van der Waals surface area contributed by atoms with Gasteiger partial charge in [-0.3, -0.25) is 13.9 Å². The number of unbranched alkanes of at least 4 members (excludes halogenated alkanes) is 1. The highest BCUT2D eigenvalue weighted by Gasteiger charge is 2.56. The van der Waals surface area contributed by atoms with Crippen molar-refractivity contribution in [2.24, 2.45) is 5.41 Å². The van der Waals surface area contributed by atoms with Crippen LogP contribution in [0.3, 0.4) is 0 Å². The molecule has 0 spiro atoms. The van der Waals surface area contributed by atoms with Crippen LogP contribution in [-0.2, 0) is 23.4 Å². The van der Waals surface area contributed by atoms with E-state index in [0.717, 1.165) is 6.42 Å². The minimum atomic E-state index is -4.26. The quantitative estimate of drug-likeness (QED) is 0.135. The first kappa shape index (κ1) is 32.1. The number of rotatable bonds is 14. The number of nitrogens with two attached hydrogens (primary N) is 1. The zero-order chi connectivity index (χ0) is 31.2. The highest BCUT2D eigenvalue weighted by atomic mass is 31.2. The normalized spacial score (nSPS) is 23.8. The van der Waals surface area contributed by atoms with Crippen LogP contribution < -0.4 is 20.1 Å². The summed E-state index contributed by atoms with van der Waals surface area (Å²) < 4.78 is 43.7. The van der Waals surface area contributed by atoms with Gasteiger partial charge in [0.15, 0.2) is 17.4 Å². The summed E-state index contributed by atoms with van der Waals surface area (Å²) >= 11 is 0. The number of anilines is 1. The Kier molecular flexibility index (Phi) is 10.2. The van der Waals surface area contributed by atoms with Gasteiger partial charge in [-0.2, -0.15) is 20.3 Å². The lowest BCUT2D eigenvalue weighted by atomic mass is 9.84. The molecular weight excluding hydrogens is 581 g/mol. The number of aliphatic hydroxyl groups is 1. The number of hydrogen-bond donors (Lipinski definition) is 3. The second kappa shape index (κ2) is 13.7. The minimum absolute atomic E-state index is 0.0813. The van der Waals surface area contributed by atoms with E-state index in [1.54, 1.807) is 37.3 Å². The molecule has 0 saturated carbocycles. The fraction of sp³-hybridized carbons (Fsp3) is 0.519. The lowest BCUT2D eigenvalue weighted by molar-refractivity contribution is -0.145. The number of hydrogen-bond acceptors (Lipinski definition) is 13. The molecule has 1 aromatic carbocycles. The fourth-order valence-corrected chi connectivity index (χ4v) is 5.95. The van der Waals surface area contributed by atoms with Gasteiger partial charge in [0, 0.05) is 0 Å². The van der Waals surface area contributed by atoms with Gasteiger partial charge in [0.25, 0.3) is 0 Å². The first-order chi connectivity index (χ1) is 20.5. The Morgan fingerprint density at radius 3 is 2.74 bits per heavy atom. The second-order valence-electron chi connectivity index (χ2n) is 10.1. The van der Waals surface area contributed by atoms with Crippen LogP contribution in [0.2, 0.25) is 0 Å². The second-order valence-corrected chi connectivity index (χ2v) is 11.8. The molecule has 1 fully saturated rings. The Morgan fingerprint density at radius 2 is 2.07 bits per heavy atom. The van der Waals surface area contributed by atoms with Gasteiger partial charge in [0.2, 0.25) is 11.8 Å². The van der Waals surface area contributed by atoms with Crippen LogP contribution in [0.1, 0.15) is 46.8 Å². The van der Waals surface area contributed by atoms with Gasteiger partial charge in [-0.1, -0.05) is 31.5 Å². The molecule has 1 aliphatic rings. The van der Waals surface area contributed by atoms with Gasteiger partial charge in [-0.25, -0.2) is 9.55 Å². The average molecular weight is 618 g/mol. The molecule has 4 N–H and O–H groups in total. The number of aromatic nitrogens is 4. The zero-order valence-electron chi connectivity index (χ0n) is 24.4. The zero-order valence-corrected chi connectivity index (χ0v) is 25.3. The van der Waals surface area contributed by atoms with E-state index in [-0.39, 0.29) is 29.8 Å². The summed E-state index contributed by atoms with van der Waals surface area (Å²) in [5.74, 6) is -0.344. The van der Waals surface area contributed by atoms with Crippen molar-refractivity contribution < 1.29 is 37.7 Å². The summed E-state index contributed by atoms with van der Waals surface area (Å²) in [6.07, 6.45) is -0.770. The van der Waals surface area contributed by atoms with E-state index in [4.69, 9.17) is 29.0 Å². The average Bonchev–Trinajstić information content (AvgIpc) is 3.51. The van der Waals surface area contributed by atoms with Crippen molar-refractivity contribution in [3.63, 3.8) is 0 Å². The number of fused-ring (bicyclic) bond motifs is 1. The van der Waals surface area contributed by atoms with E-state index in [0.29, 0.717) is 18.5 Å². The highest BCUT2D eigenvalue weighted by molar-refractivity contribution is 7.52. The van der Waals surface area contributed by atoms with E-state index in [1.165, 1.54) is 24.7 Å². The molecule has 0 amide bonds. The number of nitrogen functional groups attached to an aromatic ring is 1. The summed E-state index contributed by atoms with van der Waals surface area (Å²) in [7, 11) is -4.26. The number of nitrogens with zero attached hydrogens (tertiary/aromatic N) is 5. The predicted molar refractivity (Wildman–Crippen MR) is 154 cm³/mol. The maximum absolute atomic E-state index is 13.9. The van der Waals surface area contributed by atoms with Crippen molar-refractivity contribution in [3.8, 4) is 17.7 Å². The van der Waals surface area contributed by atoms with E-state index in [2.05, 4.69) is 26.1 Å². The Labute approximate surface area is 248 Å². The Balaban J connectivity index is 1.57. The van der Waals surface area contributed by atoms with Crippen molar-refractivity contribution in [2.45, 2.75) is 65.0 Å². The molecular formula is C27H36N7O8P. The smallest absolute Gasteiger partial charge is 0.459 e. The molecule has 4 rings (SSSR count). The molecule has 1 unspecified atom stereocenters. The molecule has 1 saturated heterocycles. The molecule has 0 bridgehead atoms. The van der Waals surface area contributed by atoms with E-state index in [1.807, 2.05) is 6.92 Å². The summed E-state index contributed by atoms with van der Waals surface area (Å²) in [5, 5.41) is 24.0. The number of para-hydroxylation sites is 1. The van der Waals surface area contributed by atoms with E-state index >= 15 is 0 Å². The highest BCUT2D eigenvalue weighted by Crippen LogP contribution is 2.49. The van der Waals surface area contributed by atoms with Crippen LogP contribution in [0, 0.1) is 16.7 Å². The molecule has 43 heavy (non-hydrogen) atoms. The Bertz CT molecular complexity index is 1500. The number of carbonyl (C=O) groups is 1. The lowest BCUT2D eigenvalue weighted by Gasteiger charge is -2.26. The van der Waals surface area contributed by atoms with E-state index in [9.17, 15) is 19.7 Å². The SMILES string of the molecule is CCCCOC(=O)[C@H](C)NP(=O)(OC[C@H]1O[C@@H](n2cnc3c(OCC)nc(N)nc32)[C@](C)(C#N)[C@@H]1O)Oc1ccccc1. The van der Waals surface area contributed by atoms with Crippen molar-refractivity contribution in [2.75, 3.05) is 25.6 Å². The van der Waals surface area contributed by atoms with Crippen molar-refractivity contribution in [3.05, 3.63) is 36.7 Å². The van der Waals surface area contributed by atoms with Gasteiger partial charge in [-0.05, 0) is 39.3 Å². The van der Waals surface area contributed by atoms with Crippen molar-refractivity contribution in [1.29, 1.82) is 5.26 Å². The fourth-order valence-electron chi connectivity index (χ4n) is 4.45. The summed E-state index contributed by atoms with van der Waals surface area (Å²) in [4.78, 5) is 25.1. The molecule has 2 aromatic heterocycles. The van der Waals surface area contributed by atoms with Crippen LogP contribution in [0.15, 0.2) is 36.7 Å². The molecule has 232 valence electrons. The third-order valence-electron chi connectivity index (χ3n) is 6.79. The van der Waals surface area contributed by atoms with Crippen molar-refractivity contribution >= 4 is 30.8 Å². The molecule has 3 aromatic rings. The van der Waals surface area contributed by atoms with Crippen LogP contribution in [-0.4, -0.2) is 68.7 Å². The van der Waals surface area contributed by atoms with Gasteiger partial charge < -0.3 is 29.6 Å². The molecule has 6 atom stereocenters. The Hall–Kier alpha value is -3.80. The number of esters is 1. The first-order valence-corrected chi connectivity index (χ1v) is 15.4. The topological polar surface area (TPSA) is 206 Å². The summed E-state index contributed by atoms with van der Waals surface area (Å²) in [6, 6.07) is 9.31. The van der Waals surface area contributed by atoms with Gasteiger partial charge >= 0.3 is 13.7 Å². The van der Waals surface area contributed by atoms with Crippen LogP contribution in [0.25, 0.3) is 11.2 Å². The van der Waals surface area contributed by atoms with E-state index < -0.39 is 50.2 Å². The monoisotopic (exact) mass is 617 g/mol. The molecule has 16 heteroatoms. The van der Waals surface area contributed by atoms with Crippen LogP contribution >= 0.6 is 7.75 Å². The summed E-state index contributed by atoms with van der Waals surface area (Å²) in [5.41, 5.74) is 4.88. The van der Waals surface area contributed by atoms with Gasteiger partial charge in [-0.15, -0.1) is 0 Å². The minimum Gasteiger partial charge on any atom is -0.476 e. The maximum Gasteiger partial charge on any atom is 0.459 e. The summed E-state index contributed by atoms with van der Waals surface area (Å²) in [6.45, 7) is 6.76. The maximum atomic E-state index is 13.9. The number of nitriles is 1. The number of benzene rings is 1. The number of nitrogens with one attached hydrogen (secondary N) is 1.